The Labute approximate surface area is 160 Å². The molecule has 0 heterocycles. The molecule has 0 aliphatic carbocycles. The van der Waals surface area contributed by atoms with Crippen LogP contribution in [0.15, 0.2) is 42.5 Å². The van der Waals surface area contributed by atoms with Crippen LogP contribution in [0.3, 0.4) is 0 Å². The van der Waals surface area contributed by atoms with Crippen LogP contribution in [0.2, 0.25) is 5.02 Å². The van der Waals surface area contributed by atoms with Gasteiger partial charge in [0, 0.05) is 17.3 Å². The highest BCUT2D eigenvalue weighted by molar-refractivity contribution is 6.32. The van der Waals surface area contributed by atoms with Crippen LogP contribution in [0.5, 0.6) is 5.75 Å². The summed E-state index contributed by atoms with van der Waals surface area (Å²) in [6, 6.07) is 10.6. The second-order valence-electron chi connectivity index (χ2n) is 5.93. The predicted octanol–water partition coefficient (Wildman–Crippen LogP) is 3.86. The second kappa shape index (κ2) is 9.00. The zero-order valence-electron chi connectivity index (χ0n) is 14.7. The quantitative estimate of drug-likeness (QED) is 0.550. The maximum absolute atomic E-state index is 12.0. The number of nitrogens with zero attached hydrogens (tertiary/aromatic N) is 1. The number of carbonyl (C=O) groups excluding carboxylic acids is 2. The highest BCUT2D eigenvalue weighted by atomic mass is 35.5. The van der Waals surface area contributed by atoms with E-state index in [1.54, 1.807) is 38.1 Å². The first kappa shape index (κ1) is 20.2. The van der Waals surface area contributed by atoms with E-state index in [2.05, 4.69) is 10.6 Å². The van der Waals surface area contributed by atoms with Gasteiger partial charge < -0.3 is 15.4 Å². The number of halogens is 1. The lowest BCUT2D eigenvalue weighted by Crippen LogP contribution is -2.21. The van der Waals surface area contributed by atoms with Crippen molar-refractivity contribution >= 4 is 40.5 Å². The van der Waals surface area contributed by atoms with Crippen LogP contribution >= 0.6 is 11.6 Å². The monoisotopic (exact) mass is 391 g/mol. The summed E-state index contributed by atoms with van der Waals surface area (Å²) in [4.78, 5) is 34.0. The summed E-state index contributed by atoms with van der Waals surface area (Å²) >= 11 is 5.73. The highest BCUT2D eigenvalue weighted by Crippen LogP contribution is 2.28. The minimum Gasteiger partial charge on any atom is -0.484 e. The van der Waals surface area contributed by atoms with E-state index in [1.165, 1.54) is 12.1 Å². The third-order valence-corrected chi connectivity index (χ3v) is 3.74. The molecule has 0 aromatic heterocycles. The molecule has 0 aliphatic rings. The fourth-order valence-electron chi connectivity index (χ4n) is 2.03. The number of ether oxygens (including phenoxy) is 1. The molecule has 0 radical (unpaired) electrons. The largest absolute Gasteiger partial charge is 0.484 e. The second-order valence-corrected chi connectivity index (χ2v) is 6.34. The van der Waals surface area contributed by atoms with Gasteiger partial charge in [0.2, 0.25) is 5.91 Å². The van der Waals surface area contributed by atoms with Crippen molar-refractivity contribution in [3.63, 3.8) is 0 Å². The van der Waals surface area contributed by atoms with Crippen LogP contribution in [-0.2, 0) is 9.59 Å². The van der Waals surface area contributed by atoms with Gasteiger partial charge in [-0.05, 0) is 30.3 Å². The van der Waals surface area contributed by atoms with E-state index in [1.807, 2.05) is 0 Å². The Morgan fingerprint density at radius 2 is 1.81 bits per heavy atom. The average molecular weight is 392 g/mol. The molecule has 8 nitrogen and oxygen atoms in total. The average Bonchev–Trinajstić information content (AvgIpc) is 2.61. The molecule has 0 aliphatic heterocycles. The number of hydrogen-bond acceptors (Lipinski definition) is 5. The lowest BCUT2D eigenvalue weighted by atomic mass is 10.2. The van der Waals surface area contributed by atoms with Crippen molar-refractivity contribution in [2.24, 2.45) is 5.92 Å². The van der Waals surface area contributed by atoms with E-state index in [0.717, 1.165) is 6.07 Å². The number of anilines is 2. The molecule has 0 saturated heterocycles. The molecule has 0 unspecified atom stereocenters. The van der Waals surface area contributed by atoms with Crippen molar-refractivity contribution in [3.05, 3.63) is 57.6 Å². The number of amides is 2. The van der Waals surface area contributed by atoms with Crippen LogP contribution < -0.4 is 15.4 Å². The molecule has 0 fully saturated rings. The number of benzene rings is 2. The molecule has 0 spiro atoms. The van der Waals surface area contributed by atoms with Crippen molar-refractivity contribution in [3.8, 4) is 5.75 Å². The summed E-state index contributed by atoms with van der Waals surface area (Å²) in [5, 5.41) is 16.2. The predicted molar refractivity (Wildman–Crippen MR) is 102 cm³/mol. The fraction of sp³-hybridized carbons (Fsp3) is 0.222. The van der Waals surface area contributed by atoms with Crippen LogP contribution in [-0.4, -0.2) is 23.3 Å². The summed E-state index contributed by atoms with van der Waals surface area (Å²) < 4.78 is 5.27. The highest BCUT2D eigenvalue weighted by Gasteiger charge is 2.14. The zero-order valence-corrected chi connectivity index (χ0v) is 15.4. The van der Waals surface area contributed by atoms with Crippen LogP contribution in [0.4, 0.5) is 17.1 Å². The summed E-state index contributed by atoms with van der Waals surface area (Å²) in [6.07, 6.45) is 0. The normalized spacial score (nSPS) is 10.4. The van der Waals surface area contributed by atoms with Crippen molar-refractivity contribution in [1.82, 2.24) is 0 Å². The third kappa shape index (κ3) is 5.96. The Morgan fingerprint density at radius 1 is 1.15 bits per heavy atom. The van der Waals surface area contributed by atoms with E-state index in [0.29, 0.717) is 11.4 Å². The Balaban J connectivity index is 1.95. The molecule has 0 bridgehead atoms. The Bertz CT molecular complexity index is 870. The van der Waals surface area contributed by atoms with E-state index in [4.69, 9.17) is 16.3 Å². The van der Waals surface area contributed by atoms with E-state index < -0.39 is 10.8 Å². The summed E-state index contributed by atoms with van der Waals surface area (Å²) in [5.41, 5.74) is 0.733. The van der Waals surface area contributed by atoms with Gasteiger partial charge in [0.25, 0.3) is 11.6 Å². The van der Waals surface area contributed by atoms with Gasteiger partial charge in [-0.2, -0.15) is 0 Å². The summed E-state index contributed by atoms with van der Waals surface area (Å²) in [5.74, 6) is -0.606. The van der Waals surface area contributed by atoms with Crippen LogP contribution in [0.25, 0.3) is 0 Å². The summed E-state index contributed by atoms with van der Waals surface area (Å²) in [7, 11) is 0. The standard InChI is InChI=1S/C18H18ClN3O5/c1-11(2)18(24)21-13-5-3-4-12(8-13)20-17(23)10-27-14-6-7-15(19)16(9-14)22(25)26/h3-9,11H,10H2,1-2H3,(H,20,23)(H,21,24). The van der Waals surface area contributed by atoms with E-state index in [-0.39, 0.29) is 34.9 Å². The van der Waals surface area contributed by atoms with Gasteiger partial charge in [-0.25, -0.2) is 0 Å². The lowest BCUT2D eigenvalue weighted by molar-refractivity contribution is -0.384. The molecular formula is C18H18ClN3O5. The SMILES string of the molecule is CC(C)C(=O)Nc1cccc(NC(=O)COc2ccc(Cl)c([N+](=O)[O-])c2)c1. The molecule has 2 amide bonds. The zero-order chi connectivity index (χ0) is 20.0. The Morgan fingerprint density at radius 3 is 2.44 bits per heavy atom. The molecule has 27 heavy (non-hydrogen) atoms. The van der Waals surface area contributed by atoms with Gasteiger partial charge in [0.05, 0.1) is 11.0 Å². The van der Waals surface area contributed by atoms with E-state index in [9.17, 15) is 19.7 Å². The number of nitrogens with one attached hydrogen (secondary N) is 2. The van der Waals surface area contributed by atoms with Gasteiger partial charge >= 0.3 is 0 Å². The molecule has 2 aromatic carbocycles. The molecule has 2 N–H and O–H groups in total. The first-order valence-corrected chi connectivity index (χ1v) is 8.41. The maximum Gasteiger partial charge on any atom is 0.291 e. The molecule has 142 valence electrons. The minimum atomic E-state index is -0.633. The number of nitro benzene ring substituents is 1. The maximum atomic E-state index is 12.0. The molecule has 0 atom stereocenters. The molecule has 2 aromatic rings. The smallest absolute Gasteiger partial charge is 0.291 e. The van der Waals surface area contributed by atoms with Crippen molar-refractivity contribution in [1.29, 1.82) is 0 Å². The topological polar surface area (TPSA) is 111 Å². The van der Waals surface area contributed by atoms with Gasteiger partial charge in [-0.15, -0.1) is 0 Å². The van der Waals surface area contributed by atoms with Gasteiger partial charge in [0.1, 0.15) is 10.8 Å². The summed E-state index contributed by atoms with van der Waals surface area (Å²) in [6.45, 7) is 3.21. The van der Waals surface area contributed by atoms with Gasteiger partial charge in [-0.3, -0.25) is 19.7 Å². The fourth-order valence-corrected chi connectivity index (χ4v) is 2.22. The first-order chi connectivity index (χ1) is 12.8. The van der Waals surface area contributed by atoms with Gasteiger partial charge in [-0.1, -0.05) is 31.5 Å². The lowest BCUT2D eigenvalue weighted by Gasteiger charge is -2.11. The minimum absolute atomic E-state index is 0.0166. The van der Waals surface area contributed by atoms with Crippen LogP contribution in [0, 0.1) is 16.0 Å². The Hall–Kier alpha value is -3.13. The number of hydrogen-bond donors (Lipinski definition) is 2. The van der Waals surface area contributed by atoms with Crippen LogP contribution in [0.1, 0.15) is 13.8 Å². The van der Waals surface area contributed by atoms with Crippen molar-refractivity contribution in [2.75, 3.05) is 17.2 Å². The van der Waals surface area contributed by atoms with E-state index >= 15 is 0 Å². The number of nitro groups is 1. The van der Waals surface area contributed by atoms with Crippen molar-refractivity contribution < 1.29 is 19.2 Å². The van der Waals surface area contributed by atoms with Gasteiger partial charge in [0.15, 0.2) is 6.61 Å². The molecule has 0 saturated carbocycles. The number of carbonyl (C=O) groups is 2. The van der Waals surface area contributed by atoms with Crippen molar-refractivity contribution in [2.45, 2.75) is 13.8 Å². The Kier molecular flexibility index (Phi) is 6.73. The molecule has 2 rings (SSSR count). The third-order valence-electron chi connectivity index (χ3n) is 3.42. The first-order valence-electron chi connectivity index (χ1n) is 8.04. The number of rotatable bonds is 7. The molecule has 9 heteroatoms. The molecular weight excluding hydrogens is 374 g/mol.